The fourth-order valence-corrected chi connectivity index (χ4v) is 3.89. The average Bonchev–Trinajstić information content (AvgIpc) is 3.37. The first-order valence-electron chi connectivity index (χ1n) is 11.4. The second-order valence-electron chi connectivity index (χ2n) is 8.42. The van der Waals surface area contributed by atoms with E-state index in [2.05, 4.69) is 30.0 Å². The molecule has 198 valence electrons. The van der Waals surface area contributed by atoms with Crippen molar-refractivity contribution >= 4 is 16.9 Å². The molecule has 0 aliphatic rings. The standard InChI is InChI=1S/C26H18F3N5O5/c27-26(28,29)38-22-11-17(16-8-9-19-20(10-16)33-39-32-19)6-7-18(22)13-30-24(36)21-12-23(35)34(25(37)31-21)14-15-4-2-1-3-5-15/h1-12H,13-14H2,(H,30,36)(H,31,37). The predicted octanol–water partition coefficient (Wildman–Crippen LogP) is 3.62. The Morgan fingerprint density at radius 1 is 0.949 bits per heavy atom. The highest BCUT2D eigenvalue weighted by molar-refractivity contribution is 5.92. The second-order valence-corrected chi connectivity index (χ2v) is 8.42. The molecule has 0 saturated heterocycles. The Balaban J connectivity index is 1.36. The van der Waals surface area contributed by atoms with Gasteiger partial charge in [-0.05, 0) is 45.2 Å². The molecule has 5 rings (SSSR count). The molecule has 13 heteroatoms. The van der Waals surface area contributed by atoms with Crippen LogP contribution in [0.25, 0.3) is 22.2 Å². The number of hydrogen-bond donors (Lipinski definition) is 2. The van der Waals surface area contributed by atoms with Crippen molar-refractivity contribution in [2.75, 3.05) is 0 Å². The van der Waals surface area contributed by atoms with Crippen molar-refractivity contribution < 1.29 is 27.3 Å². The van der Waals surface area contributed by atoms with Crippen LogP contribution in [0.1, 0.15) is 21.6 Å². The lowest BCUT2D eigenvalue weighted by atomic mass is 10.0. The Labute approximate surface area is 216 Å². The molecule has 0 saturated carbocycles. The molecule has 0 spiro atoms. The van der Waals surface area contributed by atoms with Gasteiger partial charge in [0, 0.05) is 18.2 Å². The van der Waals surface area contributed by atoms with Crippen molar-refractivity contribution in [3.05, 3.63) is 110 Å². The number of amides is 1. The lowest BCUT2D eigenvalue weighted by molar-refractivity contribution is -0.274. The van der Waals surface area contributed by atoms with E-state index in [-0.39, 0.29) is 24.3 Å². The van der Waals surface area contributed by atoms with Crippen molar-refractivity contribution in [2.45, 2.75) is 19.5 Å². The third kappa shape index (κ3) is 5.87. The van der Waals surface area contributed by atoms with Gasteiger partial charge < -0.3 is 15.0 Å². The maximum Gasteiger partial charge on any atom is 0.573 e. The number of ether oxygens (including phenoxy) is 1. The number of nitrogens with one attached hydrogen (secondary N) is 2. The number of fused-ring (bicyclic) bond motifs is 1. The number of carbonyl (C=O) groups is 1. The van der Waals surface area contributed by atoms with Gasteiger partial charge in [0.15, 0.2) is 0 Å². The van der Waals surface area contributed by atoms with E-state index in [1.54, 1.807) is 54.6 Å². The lowest BCUT2D eigenvalue weighted by Gasteiger charge is -2.15. The molecule has 0 unspecified atom stereocenters. The molecule has 2 N–H and O–H groups in total. The summed E-state index contributed by atoms with van der Waals surface area (Å²) in [6.45, 7) is -0.382. The van der Waals surface area contributed by atoms with E-state index in [0.717, 1.165) is 10.6 Å². The summed E-state index contributed by atoms with van der Waals surface area (Å²) >= 11 is 0. The Hall–Kier alpha value is -5.20. The van der Waals surface area contributed by atoms with E-state index in [9.17, 15) is 27.6 Å². The van der Waals surface area contributed by atoms with Crippen LogP contribution in [0.4, 0.5) is 13.2 Å². The molecule has 0 aliphatic heterocycles. The molecule has 5 aromatic rings. The molecule has 0 atom stereocenters. The van der Waals surface area contributed by atoms with Gasteiger partial charge >= 0.3 is 12.1 Å². The number of nitrogens with zero attached hydrogens (tertiary/aromatic N) is 3. The monoisotopic (exact) mass is 537 g/mol. The SMILES string of the molecule is O=C(NCc1ccc(-c2ccc3nonc3c2)cc1OC(F)(F)F)c1cc(=O)n(Cc2ccccc2)c(=O)[nH]1. The second kappa shape index (κ2) is 10.3. The van der Waals surface area contributed by atoms with Crippen LogP contribution in [0.3, 0.4) is 0 Å². The fourth-order valence-electron chi connectivity index (χ4n) is 3.89. The van der Waals surface area contributed by atoms with Gasteiger partial charge in [-0.25, -0.2) is 9.42 Å². The molecular formula is C26H18F3N5O5. The van der Waals surface area contributed by atoms with Crippen LogP contribution in [0, 0.1) is 0 Å². The van der Waals surface area contributed by atoms with Crippen LogP contribution >= 0.6 is 0 Å². The summed E-state index contributed by atoms with van der Waals surface area (Å²) in [6, 6.07) is 18.7. The first-order valence-corrected chi connectivity index (χ1v) is 11.4. The maximum atomic E-state index is 13.2. The number of hydrogen-bond acceptors (Lipinski definition) is 7. The van der Waals surface area contributed by atoms with Crippen molar-refractivity contribution in [2.24, 2.45) is 0 Å². The van der Waals surface area contributed by atoms with Gasteiger partial charge in [-0.3, -0.25) is 14.2 Å². The van der Waals surface area contributed by atoms with E-state index in [4.69, 9.17) is 0 Å². The third-order valence-corrected chi connectivity index (χ3v) is 5.77. The summed E-state index contributed by atoms with van der Waals surface area (Å²) in [5.41, 5.74) is 0.693. The number of rotatable bonds is 7. The van der Waals surface area contributed by atoms with Crippen molar-refractivity contribution in [1.29, 1.82) is 0 Å². The van der Waals surface area contributed by atoms with Crippen LogP contribution in [0.15, 0.2) is 87.0 Å². The topological polar surface area (TPSA) is 132 Å². The zero-order valence-corrected chi connectivity index (χ0v) is 19.9. The van der Waals surface area contributed by atoms with E-state index in [1.165, 1.54) is 12.1 Å². The van der Waals surface area contributed by atoms with Crippen LogP contribution < -0.4 is 21.3 Å². The summed E-state index contributed by atoms with van der Waals surface area (Å²) in [4.78, 5) is 40.0. The van der Waals surface area contributed by atoms with Gasteiger partial charge in [-0.1, -0.05) is 48.5 Å². The molecule has 2 heterocycles. The van der Waals surface area contributed by atoms with E-state index >= 15 is 0 Å². The number of halogens is 3. The molecule has 2 aromatic heterocycles. The summed E-state index contributed by atoms with van der Waals surface area (Å²) in [5, 5.41) is 9.83. The Morgan fingerprint density at radius 3 is 2.41 bits per heavy atom. The highest BCUT2D eigenvalue weighted by atomic mass is 19.4. The van der Waals surface area contributed by atoms with Gasteiger partial charge in [0.2, 0.25) is 0 Å². The zero-order chi connectivity index (χ0) is 27.6. The van der Waals surface area contributed by atoms with Crippen LogP contribution in [-0.4, -0.2) is 32.1 Å². The maximum absolute atomic E-state index is 13.2. The highest BCUT2D eigenvalue weighted by Crippen LogP contribution is 2.32. The predicted molar refractivity (Wildman–Crippen MR) is 132 cm³/mol. The zero-order valence-electron chi connectivity index (χ0n) is 19.9. The summed E-state index contributed by atoms with van der Waals surface area (Å²) in [5.74, 6) is -1.40. The number of alkyl halides is 3. The van der Waals surface area contributed by atoms with Crippen molar-refractivity contribution in [3.63, 3.8) is 0 Å². The molecular weight excluding hydrogens is 519 g/mol. The van der Waals surface area contributed by atoms with Crippen molar-refractivity contribution in [1.82, 2.24) is 25.2 Å². The van der Waals surface area contributed by atoms with Crippen LogP contribution in [-0.2, 0) is 13.1 Å². The Bertz CT molecular complexity index is 1750. The van der Waals surface area contributed by atoms with Gasteiger partial charge in [0.05, 0.1) is 6.54 Å². The molecule has 0 fully saturated rings. The van der Waals surface area contributed by atoms with E-state index in [0.29, 0.717) is 27.7 Å². The molecule has 0 bridgehead atoms. The third-order valence-electron chi connectivity index (χ3n) is 5.77. The first-order chi connectivity index (χ1) is 18.7. The lowest BCUT2D eigenvalue weighted by Crippen LogP contribution is -2.38. The molecule has 3 aromatic carbocycles. The minimum Gasteiger partial charge on any atom is -0.405 e. The minimum absolute atomic E-state index is 0.00149. The summed E-state index contributed by atoms with van der Waals surface area (Å²) in [7, 11) is 0. The fraction of sp³-hybridized carbons (Fsp3) is 0.115. The number of aromatic nitrogens is 4. The quantitative estimate of drug-likeness (QED) is 0.324. The van der Waals surface area contributed by atoms with Crippen LogP contribution in [0.5, 0.6) is 5.75 Å². The molecule has 39 heavy (non-hydrogen) atoms. The Morgan fingerprint density at radius 2 is 1.67 bits per heavy atom. The van der Waals surface area contributed by atoms with Gasteiger partial charge in [0.25, 0.3) is 11.5 Å². The molecule has 10 nitrogen and oxygen atoms in total. The molecule has 0 radical (unpaired) electrons. The van der Waals surface area contributed by atoms with E-state index < -0.39 is 29.3 Å². The van der Waals surface area contributed by atoms with Gasteiger partial charge in [-0.15, -0.1) is 13.2 Å². The molecule has 1 amide bonds. The largest absolute Gasteiger partial charge is 0.573 e. The van der Waals surface area contributed by atoms with E-state index in [1.807, 2.05) is 0 Å². The smallest absolute Gasteiger partial charge is 0.405 e. The van der Waals surface area contributed by atoms with Crippen molar-refractivity contribution in [3.8, 4) is 16.9 Å². The Kier molecular flexibility index (Phi) is 6.71. The highest BCUT2D eigenvalue weighted by Gasteiger charge is 2.32. The minimum atomic E-state index is -4.99. The number of carbonyl (C=O) groups excluding carboxylic acids is 1. The summed E-state index contributed by atoms with van der Waals surface area (Å²) < 4.78 is 49.2. The van der Waals surface area contributed by atoms with Gasteiger partial charge in [0.1, 0.15) is 22.5 Å². The summed E-state index contributed by atoms with van der Waals surface area (Å²) in [6.07, 6.45) is -4.99. The number of H-pyrrole nitrogens is 1. The number of aromatic amines is 1. The molecule has 0 aliphatic carbocycles. The normalized spacial score (nSPS) is 11.5. The average molecular weight is 537 g/mol. The van der Waals surface area contributed by atoms with Gasteiger partial charge in [-0.2, -0.15) is 0 Å². The van der Waals surface area contributed by atoms with Crippen LogP contribution in [0.2, 0.25) is 0 Å². The number of benzene rings is 3. The first kappa shape index (κ1) is 25.4.